The van der Waals surface area contributed by atoms with Gasteiger partial charge in [0.25, 0.3) is 0 Å². The van der Waals surface area contributed by atoms with Crippen molar-refractivity contribution in [3.05, 3.63) is 12.7 Å². The molecule has 3 heteroatoms. The number of Topliss-reactive ketones (excluding diaryl/α,β-unsaturated/α-hetero) is 1. The van der Waals surface area contributed by atoms with Gasteiger partial charge < -0.3 is 9.90 Å². The number of ketones is 1. The average Bonchev–Trinajstić information content (AvgIpc) is 1.81. The Labute approximate surface area is 59.4 Å². The number of carboxylic acids is 1. The topological polar surface area (TPSA) is 57.2 Å². The molecule has 0 saturated carbocycles. The number of hydrogen-bond donors (Lipinski definition) is 0. The van der Waals surface area contributed by atoms with E-state index in [0.717, 1.165) is 0 Å². The maximum atomic E-state index is 10.5. The largest absolute Gasteiger partial charge is 0.549 e. The molecule has 0 fully saturated rings. The predicted molar refractivity (Wildman–Crippen MR) is 34.0 cm³/mol. The fraction of sp³-hybridized carbons (Fsp3) is 0.429. The summed E-state index contributed by atoms with van der Waals surface area (Å²) in [6.07, 6.45) is 1.54. The SMILES string of the molecule is C=CCC(C(C)=O)C(=O)[O-]. The Balaban J connectivity index is 4.11. The van der Waals surface area contributed by atoms with Crippen LogP contribution in [0.15, 0.2) is 12.7 Å². The zero-order valence-corrected chi connectivity index (χ0v) is 5.79. The summed E-state index contributed by atoms with van der Waals surface area (Å²) in [7, 11) is 0. The van der Waals surface area contributed by atoms with Crippen molar-refractivity contribution in [2.45, 2.75) is 13.3 Å². The van der Waals surface area contributed by atoms with Crippen molar-refractivity contribution in [3.63, 3.8) is 0 Å². The molecule has 0 bridgehead atoms. The minimum absolute atomic E-state index is 0.150. The Bertz CT molecular complexity index is 146. The zero-order chi connectivity index (χ0) is 8.15. The van der Waals surface area contributed by atoms with Crippen molar-refractivity contribution in [1.29, 1.82) is 0 Å². The Morgan fingerprint density at radius 1 is 1.70 bits per heavy atom. The van der Waals surface area contributed by atoms with Crippen LogP contribution in [0.3, 0.4) is 0 Å². The van der Waals surface area contributed by atoms with E-state index >= 15 is 0 Å². The van der Waals surface area contributed by atoms with Crippen molar-refractivity contribution in [2.75, 3.05) is 0 Å². The highest BCUT2D eigenvalue weighted by atomic mass is 16.4. The average molecular weight is 141 g/mol. The molecule has 0 saturated heterocycles. The first kappa shape index (κ1) is 8.88. The lowest BCUT2D eigenvalue weighted by atomic mass is 10.0. The van der Waals surface area contributed by atoms with Crippen LogP contribution in [0.2, 0.25) is 0 Å². The molecule has 1 unspecified atom stereocenters. The molecule has 0 aliphatic heterocycles. The van der Waals surface area contributed by atoms with Gasteiger partial charge in [0.05, 0.1) is 11.9 Å². The van der Waals surface area contributed by atoms with Crippen LogP contribution in [-0.2, 0) is 9.59 Å². The highest BCUT2D eigenvalue weighted by Crippen LogP contribution is 2.02. The van der Waals surface area contributed by atoms with Crippen molar-refractivity contribution in [1.82, 2.24) is 0 Å². The van der Waals surface area contributed by atoms with Crippen LogP contribution in [0.4, 0.5) is 0 Å². The molecule has 0 spiro atoms. The van der Waals surface area contributed by atoms with Crippen molar-refractivity contribution in [3.8, 4) is 0 Å². The quantitative estimate of drug-likeness (QED) is 0.392. The van der Waals surface area contributed by atoms with Crippen LogP contribution in [0, 0.1) is 5.92 Å². The Morgan fingerprint density at radius 2 is 2.20 bits per heavy atom. The molecule has 0 radical (unpaired) electrons. The number of carbonyl (C=O) groups is 2. The molecule has 10 heavy (non-hydrogen) atoms. The lowest BCUT2D eigenvalue weighted by molar-refractivity contribution is -0.309. The first-order valence-electron chi connectivity index (χ1n) is 2.91. The first-order chi connectivity index (χ1) is 4.59. The van der Waals surface area contributed by atoms with Gasteiger partial charge in [-0.1, -0.05) is 6.08 Å². The van der Waals surface area contributed by atoms with Crippen molar-refractivity contribution >= 4 is 11.8 Å². The Hall–Kier alpha value is -1.12. The van der Waals surface area contributed by atoms with E-state index in [0.29, 0.717) is 0 Å². The normalized spacial score (nSPS) is 12.1. The zero-order valence-electron chi connectivity index (χ0n) is 5.79. The number of hydrogen-bond acceptors (Lipinski definition) is 3. The molecular formula is C7H9O3-. The van der Waals surface area contributed by atoms with Crippen molar-refractivity contribution in [2.24, 2.45) is 5.92 Å². The third-order valence-corrected chi connectivity index (χ3v) is 1.18. The van der Waals surface area contributed by atoms with E-state index in [1.807, 2.05) is 0 Å². The van der Waals surface area contributed by atoms with Gasteiger partial charge in [0, 0.05) is 0 Å². The van der Waals surface area contributed by atoms with Crippen LogP contribution in [0.1, 0.15) is 13.3 Å². The van der Waals surface area contributed by atoms with Gasteiger partial charge >= 0.3 is 0 Å². The molecule has 0 aromatic carbocycles. The van der Waals surface area contributed by atoms with Crippen molar-refractivity contribution < 1.29 is 14.7 Å². The number of carbonyl (C=O) groups excluding carboxylic acids is 2. The summed E-state index contributed by atoms with van der Waals surface area (Å²) < 4.78 is 0. The molecule has 0 rings (SSSR count). The summed E-state index contributed by atoms with van der Waals surface area (Å²) in [5.74, 6) is -2.73. The van der Waals surface area contributed by atoms with Crippen LogP contribution in [-0.4, -0.2) is 11.8 Å². The molecule has 0 aliphatic rings. The summed E-state index contributed by atoms with van der Waals surface area (Å²) in [6, 6.07) is 0. The lowest BCUT2D eigenvalue weighted by Crippen LogP contribution is -2.34. The lowest BCUT2D eigenvalue weighted by Gasteiger charge is -2.10. The number of aliphatic carboxylic acids is 1. The van der Waals surface area contributed by atoms with E-state index in [-0.39, 0.29) is 12.2 Å². The molecule has 0 amide bonds. The van der Waals surface area contributed by atoms with Crippen LogP contribution >= 0.6 is 0 Å². The maximum Gasteiger partial charge on any atom is 0.138 e. The minimum Gasteiger partial charge on any atom is -0.549 e. The first-order valence-corrected chi connectivity index (χ1v) is 2.91. The second-order valence-electron chi connectivity index (χ2n) is 2.01. The smallest absolute Gasteiger partial charge is 0.138 e. The highest BCUT2D eigenvalue weighted by Gasteiger charge is 2.12. The van der Waals surface area contributed by atoms with Gasteiger partial charge in [-0.05, 0) is 13.3 Å². The van der Waals surface area contributed by atoms with E-state index < -0.39 is 11.9 Å². The van der Waals surface area contributed by atoms with E-state index in [9.17, 15) is 14.7 Å². The summed E-state index contributed by atoms with van der Waals surface area (Å²) in [5, 5.41) is 10.2. The number of carboxylic acid groups (broad SMARTS) is 1. The molecule has 0 aliphatic carbocycles. The summed E-state index contributed by atoms with van der Waals surface area (Å²) in [4.78, 5) is 20.7. The number of rotatable bonds is 4. The molecule has 56 valence electrons. The van der Waals surface area contributed by atoms with E-state index in [2.05, 4.69) is 6.58 Å². The van der Waals surface area contributed by atoms with E-state index in [1.165, 1.54) is 13.0 Å². The molecule has 1 atom stereocenters. The third-order valence-electron chi connectivity index (χ3n) is 1.18. The second kappa shape index (κ2) is 3.82. The maximum absolute atomic E-state index is 10.5. The summed E-state index contributed by atoms with van der Waals surface area (Å²) in [6.45, 7) is 4.55. The van der Waals surface area contributed by atoms with E-state index in [4.69, 9.17) is 0 Å². The van der Waals surface area contributed by atoms with Gasteiger partial charge in [0.1, 0.15) is 5.78 Å². The second-order valence-corrected chi connectivity index (χ2v) is 2.01. The minimum atomic E-state index is -1.33. The predicted octanol–water partition coefficient (Wildman–Crippen LogP) is -0.482. The summed E-state index contributed by atoms with van der Waals surface area (Å²) >= 11 is 0. The molecule has 0 heterocycles. The molecule has 3 nitrogen and oxygen atoms in total. The molecule has 0 aromatic heterocycles. The standard InChI is InChI=1S/C7H10O3/c1-3-4-6(5(2)8)7(9)10/h3,6H,1,4H2,2H3,(H,9,10)/p-1. The van der Waals surface area contributed by atoms with Gasteiger partial charge in [0.2, 0.25) is 0 Å². The molecule has 0 aromatic rings. The van der Waals surface area contributed by atoms with E-state index in [1.54, 1.807) is 0 Å². The fourth-order valence-corrected chi connectivity index (χ4v) is 0.595. The summed E-state index contributed by atoms with van der Waals surface area (Å²) in [5.41, 5.74) is 0. The van der Waals surface area contributed by atoms with Crippen LogP contribution in [0.5, 0.6) is 0 Å². The van der Waals surface area contributed by atoms with Crippen LogP contribution in [0.25, 0.3) is 0 Å². The van der Waals surface area contributed by atoms with Crippen LogP contribution < -0.4 is 5.11 Å². The molecular weight excluding hydrogens is 132 g/mol. The van der Waals surface area contributed by atoms with Gasteiger partial charge in [0.15, 0.2) is 0 Å². The Kier molecular flexibility index (Phi) is 3.39. The number of allylic oxidation sites excluding steroid dienone is 1. The third kappa shape index (κ3) is 2.44. The molecule has 0 N–H and O–H groups in total. The highest BCUT2D eigenvalue weighted by molar-refractivity contribution is 5.96. The Morgan fingerprint density at radius 3 is 2.30 bits per heavy atom. The van der Waals surface area contributed by atoms with Gasteiger partial charge in [-0.2, -0.15) is 0 Å². The van der Waals surface area contributed by atoms with Gasteiger partial charge in [-0.3, -0.25) is 4.79 Å². The van der Waals surface area contributed by atoms with Gasteiger partial charge in [-0.15, -0.1) is 6.58 Å². The monoisotopic (exact) mass is 141 g/mol. The fourth-order valence-electron chi connectivity index (χ4n) is 0.595. The van der Waals surface area contributed by atoms with Gasteiger partial charge in [-0.25, -0.2) is 0 Å².